The van der Waals surface area contributed by atoms with Crippen molar-refractivity contribution in [2.75, 3.05) is 24.6 Å². The Morgan fingerprint density at radius 2 is 2.13 bits per heavy atom. The van der Waals surface area contributed by atoms with Crippen LogP contribution in [0.3, 0.4) is 0 Å². The fraction of sp³-hybridized carbons (Fsp3) is 1.00. The van der Waals surface area contributed by atoms with E-state index >= 15 is 0 Å². The van der Waals surface area contributed by atoms with Crippen molar-refractivity contribution in [2.24, 2.45) is 11.8 Å². The van der Waals surface area contributed by atoms with Crippen LogP contribution in [-0.4, -0.2) is 33.0 Å². The molecule has 15 heavy (non-hydrogen) atoms. The van der Waals surface area contributed by atoms with Crippen LogP contribution in [0.1, 0.15) is 33.1 Å². The van der Waals surface area contributed by atoms with Gasteiger partial charge in [0.2, 0.25) is 0 Å². The van der Waals surface area contributed by atoms with Crippen LogP contribution in [0.5, 0.6) is 0 Å². The third-order valence-electron chi connectivity index (χ3n) is 2.89. The molecule has 0 radical (unpaired) electrons. The lowest BCUT2D eigenvalue weighted by Gasteiger charge is -2.10. The Labute approximate surface area is 93.6 Å². The second-order valence-corrected chi connectivity index (χ2v) is 7.24. The summed E-state index contributed by atoms with van der Waals surface area (Å²) in [6, 6.07) is 0. The lowest BCUT2D eigenvalue weighted by Crippen LogP contribution is -2.24. The Kier molecular flexibility index (Phi) is 5.06. The summed E-state index contributed by atoms with van der Waals surface area (Å²) in [7, 11) is -2.69. The van der Waals surface area contributed by atoms with Crippen molar-refractivity contribution in [1.82, 2.24) is 5.32 Å². The van der Waals surface area contributed by atoms with Crippen LogP contribution >= 0.6 is 0 Å². The molecule has 0 spiro atoms. The molecule has 1 rings (SSSR count). The molecular formula is C11H23NO2S. The van der Waals surface area contributed by atoms with E-state index in [4.69, 9.17) is 0 Å². The summed E-state index contributed by atoms with van der Waals surface area (Å²) < 4.78 is 22.4. The largest absolute Gasteiger partial charge is 0.316 e. The minimum absolute atomic E-state index is 0.356. The van der Waals surface area contributed by atoms with Gasteiger partial charge in [0.05, 0.1) is 11.5 Å². The molecule has 90 valence electrons. The summed E-state index contributed by atoms with van der Waals surface area (Å²) in [5.41, 5.74) is 0. The molecule has 1 unspecified atom stereocenters. The van der Waals surface area contributed by atoms with Crippen molar-refractivity contribution in [3.63, 3.8) is 0 Å². The van der Waals surface area contributed by atoms with E-state index in [1.54, 1.807) is 0 Å². The summed E-state index contributed by atoms with van der Waals surface area (Å²) in [4.78, 5) is 0. The standard InChI is InChI=1S/C11H23NO2S/c1-10(2)4-3-6-12-8-11-5-7-15(13,14)9-11/h10-12H,3-9H2,1-2H3. The third kappa shape index (κ3) is 5.52. The molecule has 0 bridgehead atoms. The van der Waals surface area contributed by atoms with E-state index < -0.39 is 9.84 Å². The van der Waals surface area contributed by atoms with Crippen LogP contribution in [0.4, 0.5) is 0 Å². The predicted molar refractivity (Wildman–Crippen MR) is 63.7 cm³/mol. The molecule has 0 amide bonds. The predicted octanol–water partition coefficient (Wildman–Crippen LogP) is 1.45. The van der Waals surface area contributed by atoms with E-state index in [0.29, 0.717) is 17.4 Å². The van der Waals surface area contributed by atoms with Crippen molar-refractivity contribution in [3.05, 3.63) is 0 Å². The highest BCUT2D eigenvalue weighted by atomic mass is 32.2. The van der Waals surface area contributed by atoms with Gasteiger partial charge >= 0.3 is 0 Å². The molecule has 1 N–H and O–H groups in total. The van der Waals surface area contributed by atoms with Crippen molar-refractivity contribution >= 4 is 9.84 Å². The van der Waals surface area contributed by atoms with Gasteiger partial charge in [-0.05, 0) is 44.2 Å². The molecule has 1 aliphatic heterocycles. The molecule has 0 aliphatic carbocycles. The maximum absolute atomic E-state index is 11.2. The molecule has 1 fully saturated rings. The number of hydrogen-bond acceptors (Lipinski definition) is 3. The van der Waals surface area contributed by atoms with Gasteiger partial charge in [0.1, 0.15) is 0 Å². The molecule has 3 nitrogen and oxygen atoms in total. The average Bonchev–Trinajstić information content (AvgIpc) is 2.44. The Morgan fingerprint density at radius 1 is 1.40 bits per heavy atom. The van der Waals surface area contributed by atoms with E-state index in [9.17, 15) is 8.42 Å². The SMILES string of the molecule is CC(C)CCCNCC1CCS(=O)(=O)C1. The highest BCUT2D eigenvalue weighted by Gasteiger charge is 2.27. The summed E-state index contributed by atoms with van der Waals surface area (Å²) in [6.45, 7) is 6.35. The highest BCUT2D eigenvalue weighted by molar-refractivity contribution is 7.91. The zero-order chi connectivity index (χ0) is 11.3. The molecule has 0 aromatic carbocycles. The van der Waals surface area contributed by atoms with Gasteiger partial charge in [0, 0.05) is 0 Å². The Morgan fingerprint density at radius 3 is 2.67 bits per heavy atom. The summed E-state index contributed by atoms with van der Waals surface area (Å²) in [5.74, 6) is 1.91. The van der Waals surface area contributed by atoms with Crippen LogP contribution < -0.4 is 5.32 Å². The van der Waals surface area contributed by atoms with Crippen LogP contribution in [-0.2, 0) is 9.84 Å². The number of hydrogen-bond donors (Lipinski definition) is 1. The first-order valence-corrected chi connectivity index (χ1v) is 7.73. The lowest BCUT2D eigenvalue weighted by molar-refractivity contribution is 0.485. The molecule has 1 heterocycles. The van der Waals surface area contributed by atoms with Crippen molar-refractivity contribution in [2.45, 2.75) is 33.1 Å². The van der Waals surface area contributed by atoms with E-state index in [2.05, 4.69) is 19.2 Å². The molecule has 1 aliphatic rings. The molecule has 4 heteroatoms. The minimum atomic E-state index is -2.69. The van der Waals surface area contributed by atoms with Gasteiger partial charge in [-0.25, -0.2) is 8.42 Å². The van der Waals surface area contributed by atoms with Gasteiger partial charge in [-0.1, -0.05) is 13.8 Å². The fourth-order valence-corrected chi connectivity index (χ4v) is 3.84. The molecule has 0 saturated carbocycles. The van der Waals surface area contributed by atoms with Crippen LogP contribution in [0.15, 0.2) is 0 Å². The first-order valence-electron chi connectivity index (χ1n) is 5.91. The second kappa shape index (κ2) is 5.85. The van der Waals surface area contributed by atoms with E-state index in [1.807, 2.05) is 0 Å². The Bertz CT molecular complexity index is 272. The van der Waals surface area contributed by atoms with E-state index in [-0.39, 0.29) is 0 Å². The molecular weight excluding hydrogens is 210 g/mol. The van der Waals surface area contributed by atoms with Gasteiger partial charge in [-0.15, -0.1) is 0 Å². The maximum atomic E-state index is 11.2. The fourth-order valence-electron chi connectivity index (χ4n) is 1.97. The van der Waals surface area contributed by atoms with Crippen LogP contribution in [0.2, 0.25) is 0 Å². The highest BCUT2D eigenvalue weighted by Crippen LogP contribution is 2.17. The number of rotatable bonds is 6. The monoisotopic (exact) mass is 233 g/mol. The van der Waals surface area contributed by atoms with Gasteiger partial charge in [-0.3, -0.25) is 0 Å². The lowest BCUT2D eigenvalue weighted by atomic mass is 10.1. The first kappa shape index (κ1) is 13.0. The van der Waals surface area contributed by atoms with Gasteiger partial charge < -0.3 is 5.32 Å². The Hall–Kier alpha value is -0.0900. The van der Waals surface area contributed by atoms with Crippen LogP contribution in [0.25, 0.3) is 0 Å². The topological polar surface area (TPSA) is 46.2 Å². The summed E-state index contributed by atoms with van der Waals surface area (Å²) >= 11 is 0. The van der Waals surface area contributed by atoms with E-state index in [1.165, 1.54) is 12.8 Å². The summed E-state index contributed by atoms with van der Waals surface area (Å²) in [5, 5.41) is 3.36. The molecule has 1 saturated heterocycles. The molecule has 0 aromatic heterocycles. The van der Waals surface area contributed by atoms with Crippen LogP contribution in [0, 0.1) is 11.8 Å². The van der Waals surface area contributed by atoms with Crippen molar-refractivity contribution in [3.8, 4) is 0 Å². The molecule has 1 atom stereocenters. The van der Waals surface area contributed by atoms with Gasteiger partial charge in [0.15, 0.2) is 9.84 Å². The zero-order valence-corrected chi connectivity index (χ0v) is 10.6. The first-order chi connectivity index (χ1) is 6.99. The minimum Gasteiger partial charge on any atom is -0.316 e. The number of sulfone groups is 1. The molecule has 0 aromatic rings. The number of nitrogens with one attached hydrogen (secondary N) is 1. The van der Waals surface area contributed by atoms with Gasteiger partial charge in [0.25, 0.3) is 0 Å². The van der Waals surface area contributed by atoms with E-state index in [0.717, 1.165) is 25.4 Å². The quantitative estimate of drug-likeness (QED) is 0.706. The normalized spacial score (nSPS) is 24.9. The second-order valence-electron chi connectivity index (χ2n) is 5.01. The van der Waals surface area contributed by atoms with Crippen molar-refractivity contribution in [1.29, 1.82) is 0 Å². The summed E-state index contributed by atoms with van der Waals surface area (Å²) in [6.07, 6.45) is 3.28. The third-order valence-corrected chi connectivity index (χ3v) is 4.73. The van der Waals surface area contributed by atoms with Crippen molar-refractivity contribution < 1.29 is 8.42 Å². The Balaban J connectivity index is 2.02. The van der Waals surface area contributed by atoms with Gasteiger partial charge in [-0.2, -0.15) is 0 Å². The smallest absolute Gasteiger partial charge is 0.150 e. The maximum Gasteiger partial charge on any atom is 0.150 e. The zero-order valence-electron chi connectivity index (χ0n) is 9.83. The average molecular weight is 233 g/mol.